The first-order valence-electron chi connectivity index (χ1n) is 4.56. The number of aromatic nitrogens is 1. The summed E-state index contributed by atoms with van der Waals surface area (Å²) in [4.78, 5) is 2.73. The first-order chi connectivity index (χ1) is 7.52. The van der Waals surface area contributed by atoms with Crippen LogP contribution in [0.15, 0.2) is 24.4 Å². The van der Waals surface area contributed by atoms with Crippen molar-refractivity contribution in [3.05, 3.63) is 35.5 Å². The minimum Gasteiger partial charge on any atom is -0.361 e. The molecule has 16 heavy (non-hydrogen) atoms. The second kappa shape index (κ2) is 3.56. The Morgan fingerprint density at radius 2 is 2.06 bits per heavy atom. The lowest BCUT2D eigenvalue weighted by Crippen LogP contribution is -2.04. The molecule has 0 aliphatic heterocycles. The van der Waals surface area contributed by atoms with Crippen LogP contribution >= 0.6 is 0 Å². The molecule has 5 heteroatoms. The molecule has 0 spiro atoms. The molecule has 0 amide bonds. The predicted molar refractivity (Wildman–Crippen MR) is 52.6 cm³/mol. The number of aromatic amines is 1. The molecule has 2 aromatic rings. The molecule has 1 heterocycles. The summed E-state index contributed by atoms with van der Waals surface area (Å²) in [6.45, 7) is 0. The summed E-state index contributed by atoms with van der Waals surface area (Å²) in [7, 11) is 0. The number of halogens is 3. The Kier molecular flexibility index (Phi) is 2.35. The first-order valence-corrected chi connectivity index (χ1v) is 4.56. The molecule has 1 aromatic carbocycles. The van der Waals surface area contributed by atoms with Crippen molar-refractivity contribution >= 4 is 10.9 Å². The minimum atomic E-state index is -4.34. The monoisotopic (exact) mass is 224 g/mol. The van der Waals surface area contributed by atoms with Crippen molar-refractivity contribution in [1.29, 1.82) is 5.26 Å². The largest absolute Gasteiger partial charge is 0.416 e. The summed E-state index contributed by atoms with van der Waals surface area (Å²) in [5.41, 5.74) is 0.427. The summed E-state index contributed by atoms with van der Waals surface area (Å²) in [5, 5.41) is 9.20. The van der Waals surface area contributed by atoms with Gasteiger partial charge in [-0.25, -0.2) is 0 Å². The van der Waals surface area contributed by atoms with Gasteiger partial charge < -0.3 is 4.98 Å². The fourth-order valence-corrected chi connectivity index (χ4v) is 1.59. The summed E-state index contributed by atoms with van der Waals surface area (Å²) in [6, 6.07) is 5.43. The van der Waals surface area contributed by atoms with Gasteiger partial charge in [0.1, 0.15) is 0 Å². The van der Waals surface area contributed by atoms with Gasteiger partial charge in [-0.05, 0) is 17.7 Å². The highest BCUT2D eigenvalue weighted by Crippen LogP contribution is 2.31. The molecule has 0 bridgehead atoms. The Morgan fingerprint density at radius 3 is 2.69 bits per heavy atom. The van der Waals surface area contributed by atoms with E-state index in [0.717, 1.165) is 12.1 Å². The number of alkyl halides is 3. The van der Waals surface area contributed by atoms with Gasteiger partial charge >= 0.3 is 6.18 Å². The molecule has 2 nitrogen and oxygen atoms in total. The molecular formula is C11H7F3N2. The van der Waals surface area contributed by atoms with E-state index in [2.05, 4.69) is 4.98 Å². The van der Waals surface area contributed by atoms with E-state index in [1.54, 1.807) is 6.20 Å². The highest BCUT2D eigenvalue weighted by atomic mass is 19.4. The predicted octanol–water partition coefficient (Wildman–Crippen LogP) is 3.25. The van der Waals surface area contributed by atoms with Crippen LogP contribution in [0.2, 0.25) is 0 Å². The van der Waals surface area contributed by atoms with Gasteiger partial charge in [0.2, 0.25) is 0 Å². The first kappa shape index (κ1) is 10.6. The van der Waals surface area contributed by atoms with E-state index in [1.165, 1.54) is 6.07 Å². The van der Waals surface area contributed by atoms with E-state index >= 15 is 0 Å². The normalized spacial score (nSPS) is 11.6. The van der Waals surface area contributed by atoms with Crippen LogP contribution < -0.4 is 0 Å². The standard InChI is InChI=1S/C11H7F3N2/c12-11(13,14)8-1-2-9-7(3-4-15)6-16-10(9)5-8/h1-2,5-6,16H,3H2. The lowest BCUT2D eigenvalue weighted by Gasteiger charge is -2.05. The minimum absolute atomic E-state index is 0.186. The highest BCUT2D eigenvalue weighted by molar-refractivity contribution is 5.84. The maximum atomic E-state index is 12.4. The van der Waals surface area contributed by atoms with E-state index < -0.39 is 11.7 Å². The smallest absolute Gasteiger partial charge is 0.361 e. The van der Waals surface area contributed by atoms with Gasteiger partial charge in [0.25, 0.3) is 0 Å². The zero-order valence-electron chi connectivity index (χ0n) is 8.10. The van der Waals surface area contributed by atoms with Crippen LogP contribution in [0.25, 0.3) is 10.9 Å². The Labute approximate surface area is 89.3 Å². The highest BCUT2D eigenvalue weighted by Gasteiger charge is 2.30. The number of nitrogens with zero attached hydrogens (tertiary/aromatic N) is 1. The Bertz CT molecular complexity index is 561. The van der Waals surface area contributed by atoms with E-state index in [-0.39, 0.29) is 6.42 Å². The van der Waals surface area contributed by atoms with Crippen LogP contribution in [0, 0.1) is 11.3 Å². The number of nitriles is 1. The van der Waals surface area contributed by atoms with Crippen molar-refractivity contribution in [3.63, 3.8) is 0 Å². The van der Waals surface area contributed by atoms with Crippen molar-refractivity contribution in [3.8, 4) is 6.07 Å². The molecule has 1 aromatic heterocycles. The molecule has 0 fully saturated rings. The molecule has 82 valence electrons. The molecular weight excluding hydrogens is 217 g/mol. The molecule has 0 saturated carbocycles. The average molecular weight is 224 g/mol. The molecule has 0 aliphatic rings. The third-order valence-electron chi connectivity index (χ3n) is 2.36. The SMILES string of the molecule is N#CCc1c[nH]c2cc(C(F)(F)F)ccc12. The molecule has 0 unspecified atom stereocenters. The van der Waals surface area contributed by atoms with Gasteiger partial charge in [-0.3, -0.25) is 0 Å². The van der Waals surface area contributed by atoms with Crippen molar-refractivity contribution in [2.45, 2.75) is 12.6 Å². The van der Waals surface area contributed by atoms with Crippen molar-refractivity contribution < 1.29 is 13.2 Å². The van der Waals surface area contributed by atoms with Gasteiger partial charge in [-0.15, -0.1) is 0 Å². The molecule has 2 rings (SSSR count). The number of hydrogen-bond acceptors (Lipinski definition) is 1. The fraction of sp³-hybridized carbons (Fsp3) is 0.182. The zero-order chi connectivity index (χ0) is 11.8. The fourth-order valence-electron chi connectivity index (χ4n) is 1.59. The molecule has 0 aliphatic carbocycles. The number of fused-ring (bicyclic) bond motifs is 1. The van der Waals surface area contributed by atoms with Gasteiger partial charge in [-0.1, -0.05) is 6.07 Å². The number of nitrogens with one attached hydrogen (secondary N) is 1. The summed E-state index contributed by atoms with van der Waals surface area (Å²) >= 11 is 0. The van der Waals surface area contributed by atoms with Gasteiger partial charge in [-0.2, -0.15) is 18.4 Å². The van der Waals surface area contributed by atoms with Gasteiger partial charge in [0.05, 0.1) is 18.1 Å². The lowest BCUT2D eigenvalue weighted by molar-refractivity contribution is -0.137. The van der Waals surface area contributed by atoms with Crippen molar-refractivity contribution in [2.75, 3.05) is 0 Å². The number of hydrogen-bond donors (Lipinski definition) is 1. The average Bonchev–Trinajstić information content (AvgIpc) is 2.60. The van der Waals surface area contributed by atoms with Crippen LogP contribution in [0.5, 0.6) is 0 Å². The third kappa shape index (κ3) is 1.74. The molecule has 0 saturated heterocycles. The number of rotatable bonds is 1. The summed E-state index contributed by atoms with van der Waals surface area (Å²) in [6.07, 6.45) is -2.59. The van der Waals surface area contributed by atoms with E-state index in [9.17, 15) is 13.2 Å². The molecule has 1 N–H and O–H groups in total. The van der Waals surface area contributed by atoms with E-state index in [4.69, 9.17) is 5.26 Å². The Hall–Kier alpha value is -1.96. The van der Waals surface area contributed by atoms with Crippen LogP contribution in [-0.4, -0.2) is 4.98 Å². The Balaban J connectivity index is 2.54. The van der Waals surface area contributed by atoms with Gasteiger partial charge in [0.15, 0.2) is 0 Å². The third-order valence-corrected chi connectivity index (χ3v) is 2.36. The number of H-pyrrole nitrogens is 1. The van der Waals surface area contributed by atoms with E-state index in [0.29, 0.717) is 16.5 Å². The van der Waals surface area contributed by atoms with E-state index in [1.807, 2.05) is 6.07 Å². The topological polar surface area (TPSA) is 39.6 Å². The number of benzene rings is 1. The summed E-state index contributed by atoms with van der Waals surface area (Å²) < 4.78 is 37.2. The molecule has 0 radical (unpaired) electrons. The second-order valence-corrected chi connectivity index (χ2v) is 3.41. The maximum absolute atomic E-state index is 12.4. The van der Waals surface area contributed by atoms with Crippen LogP contribution in [-0.2, 0) is 12.6 Å². The Morgan fingerprint density at radius 1 is 1.31 bits per heavy atom. The maximum Gasteiger partial charge on any atom is 0.416 e. The molecule has 0 atom stereocenters. The van der Waals surface area contributed by atoms with Crippen molar-refractivity contribution in [1.82, 2.24) is 4.98 Å². The zero-order valence-corrected chi connectivity index (χ0v) is 8.10. The lowest BCUT2D eigenvalue weighted by atomic mass is 10.1. The second-order valence-electron chi connectivity index (χ2n) is 3.41. The van der Waals surface area contributed by atoms with Gasteiger partial charge in [0, 0.05) is 17.1 Å². The van der Waals surface area contributed by atoms with Crippen LogP contribution in [0.4, 0.5) is 13.2 Å². The summed E-state index contributed by atoms with van der Waals surface area (Å²) in [5.74, 6) is 0. The van der Waals surface area contributed by atoms with Crippen LogP contribution in [0.3, 0.4) is 0 Å². The quantitative estimate of drug-likeness (QED) is 0.793. The van der Waals surface area contributed by atoms with Crippen molar-refractivity contribution in [2.24, 2.45) is 0 Å². The van der Waals surface area contributed by atoms with Crippen LogP contribution in [0.1, 0.15) is 11.1 Å².